The van der Waals surface area contributed by atoms with Crippen LogP contribution < -0.4 is 10.1 Å². The fourth-order valence-electron chi connectivity index (χ4n) is 1.53. The lowest BCUT2D eigenvalue weighted by Crippen LogP contribution is -2.36. The normalized spacial score (nSPS) is 12.4. The highest BCUT2D eigenvalue weighted by atomic mass is 35.5. The Morgan fingerprint density at radius 2 is 2.06 bits per heavy atom. The first-order valence-corrected chi connectivity index (χ1v) is 6.36. The highest BCUT2D eigenvalue weighted by molar-refractivity contribution is 6.17. The molecule has 0 aliphatic rings. The van der Waals surface area contributed by atoms with Crippen LogP contribution >= 0.6 is 11.6 Å². The number of alkyl halides is 1. The van der Waals surface area contributed by atoms with Crippen molar-refractivity contribution in [1.29, 1.82) is 0 Å². The highest BCUT2D eigenvalue weighted by Crippen LogP contribution is 2.07. The van der Waals surface area contributed by atoms with E-state index in [0.717, 1.165) is 18.7 Å². The maximum Gasteiger partial charge on any atom is 0.119 e. The van der Waals surface area contributed by atoms with E-state index in [1.54, 1.807) is 7.11 Å². The van der Waals surface area contributed by atoms with Gasteiger partial charge in [-0.2, -0.15) is 0 Å². The monoisotopic (exact) mass is 257 g/mol. The molecule has 0 saturated carbocycles. The quantitative estimate of drug-likeness (QED) is 0.544. The summed E-state index contributed by atoms with van der Waals surface area (Å²) in [5.41, 5.74) is 0. The molecule has 0 fully saturated rings. The molecular formula is C13H20ClNO2. The molecule has 0 saturated heterocycles. The summed E-state index contributed by atoms with van der Waals surface area (Å²) < 4.78 is 10.7. The van der Waals surface area contributed by atoms with Gasteiger partial charge in [0, 0.05) is 25.6 Å². The average Bonchev–Trinajstić information content (AvgIpc) is 2.36. The number of para-hydroxylation sites is 1. The van der Waals surface area contributed by atoms with E-state index in [1.165, 1.54) is 0 Å². The second-order valence-corrected chi connectivity index (χ2v) is 4.12. The molecule has 0 heterocycles. The van der Waals surface area contributed by atoms with Crippen LogP contribution in [-0.4, -0.2) is 38.8 Å². The summed E-state index contributed by atoms with van der Waals surface area (Å²) in [5.74, 6) is 1.54. The fourth-order valence-corrected chi connectivity index (χ4v) is 1.79. The number of rotatable bonds is 9. The Hall–Kier alpha value is -0.770. The van der Waals surface area contributed by atoms with Crippen molar-refractivity contribution in [2.75, 3.05) is 32.7 Å². The molecule has 17 heavy (non-hydrogen) atoms. The zero-order valence-electron chi connectivity index (χ0n) is 10.2. The molecule has 1 N–H and O–H groups in total. The summed E-state index contributed by atoms with van der Waals surface area (Å²) in [6.45, 7) is 2.12. The molecule has 0 bridgehead atoms. The molecule has 96 valence electrons. The number of methoxy groups -OCH3 is 1. The van der Waals surface area contributed by atoms with Crippen molar-refractivity contribution in [3.63, 3.8) is 0 Å². The Bertz CT molecular complexity index is 276. The summed E-state index contributed by atoms with van der Waals surface area (Å²) in [4.78, 5) is 0. The van der Waals surface area contributed by atoms with Crippen molar-refractivity contribution in [2.24, 2.45) is 0 Å². The van der Waals surface area contributed by atoms with Crippen LogP contribution in [0.25, 0.3) is 0 Å². The van der Waals surface area contributed by atoms with E-state index in [0.29, 0.717) is 25.1 Å². The van der Waals surface area contributed by atoms with E-state index in [-0.39, 0.29) is 0 Å². The molecule has 1 rings (SSSR count). The molecule has 1 aromatic carbocycles. The molecule has 0 radical (unpaired) electrons. The molecule has 0 aliphatic heterocycles. The number of nitrogens with one attached hydrogen (secondary N) is 1. The van der Waals surface area contributed by atoms with E-state index in [1.807, 2.05) is 30.3 Å². The first kappa shape index (κ1) is 14.3. The van der Waals surface area contributed by atoms with Gasteiger partial charge in [-0.15, -0.1) is 11.6 Å². The topological polar surface area (TPSA) is 30.5 Å². The van der Waals surface area contributed by atoms with Crippen molar-refractivity contribution in [3.05, 3.63) is 30.3 Å². The van der Waals surface area contributed by atoms with Crippen molar-refractivity contribution in [3.8, 4) is 5.75 Å². The van der Waals surface area contributed by atoms with Crippen LogP contribution in [0, 0.1) is 0 Å². The van der Waals surface area contributed by atoms with Crippen LogP contribution in [0.3, 0.4) is 0 Å². The van der Waals surface area contributed by atoms with Crippen molar-refractivity contribution >= 4 is 11.6 Å². The Labute approximate surface area is 108 Å². The summed E-state index contributed by atoms with van der Waals surface area (Å²) in [6.07, 6.45) is 0.904. The van der Waals surface area contributed by atoms with Crippen molar-refractivity contribution < 1.29 is 9.47 Å². The first-order valence-electron chi connectivity index (χ1n) is 5.83. The third kappa shape index (κ3) is 6.51. The van der Waals surface area contributed by atoms with Gasteiger partial charge in [-0.25, -0.2) is 0 Å². The summed E-state index contributed by atoms with van der Waals surface area (Å²) in [6, 6.07) is 10.1. The smallest absolute Gasteiger partial charge is 0.119 e. The highest BCUT2D eigenvalue weighted by Gasteiger charge is 2.06. The minimum absolute atomic E-state index is 0.303. The Balaban J connectivity index is 2.13. The number of ether oxygens (including phenoxy) is 2. The van der Waals surface area contributed by atoms with Gasteiger partial charge in [0.25, 0.3) is 0 Å². The molecule has 1 atom stereocenters. The van der Waals surface area contributed by atoms with E-state index in [9.17, 15) is 0 Å². The molecule has 1 aromatic rings. The zero-order valence-corrected chi connectivity index (χ0v) is 11.0. The number of hydrogen-bond acceptors (Lipinski definition) is 3. The van der Waals surface area contributed by atoms with Gasteiger partial charge in [0.2, 0.25) is 0 Å². The maximum absolute atomic E-state index is 5.71. The van der Waals surface area contributed by atoms with Crippen LogP contribution in [0.1, 0.15) is 6.42 Å². The minimum Gasteiger partial charge on any atom is -0.492 e. The molecule has 0 spiro atoms. The van der Waals surface area contributed by atoms with Gasteiger partial charge < -0.3 is 14.8 Å². The zero-order chi connectivity index (χ0) is 12.3. The van der Waals surface area contributed by atoms with E-state index >= 15 is 0 Å². The SMILES string of the molecule is COCC(CCCl)NCCOc1ccccc1. The molecule has 0 aromatic heterocycles. The Morgan fingerprint density at radius 3 is 2.71 bits per heavy atom. The van der Waals surface area contributed by atoms with Gasteiger partial charge in [-0.3, -0.25) is 0 Å². The molecule has 3 nitrogen and oxygen atoms in total. The van der Waals surface area contributed by atoms with E-state index in [2.05, 4.69) is 5.32 Å². The largest absolute Gasteiger partial charge is 0.492 e. The Kier molecular flexibility index (Phi) is 7.80. The lowest BCUT2D eigenvalue weighted by molar-refractivity contribution is 0.161. The summed E-state index contributed by atoms with van der Waals surface area (Å²) in [7, 11) is 1.70. The molecule has 0 aliphatic carbocycles. The van der Waals surface area contributed by atoms with Crippen LogP contribution in [0.5, 0.6) is 5.75 Å². The van der Waals surface area contributed by atoms with E-state index < -0.39 is 0 Å². The lowest BCUT2D eigenvalue weighted by atomic mass is 10.2. The first-order chi connectivity index (χ1) is 8.36. The number of benzene rings is 1. The van der Waals surface area contributed by atoms with Crippen LogP contribution in [-0.2, 0) is 4.74 Å². The van der Waals surface area contributed by atoms with Crippen molar-refractivity contribution in [1.82, 2.24) is 5.32 Å². The van der Waals surface area contributed by atoms with Gasteiger partial charge in [0.15, 0.2) is 0 Å². The predicted octanol–water partition coefficient (Wildman–Crippen LogP) is 2.30. The third-order valence-corrected chi connectivity index (χ3v) is 2.59. The molecule has 0 amide bonds. The second-order valence-electron chi connectivity index (χ2n) is 3.75. The van der Waals surface area contributed by atoms with Gasteiger partial charge in [0.1, 0.15) is 12.4 Å². The van der Waals surface area contributed by atoms with Crippen LogP contribution in [0.4, 0.5) is 0 Å². The standard InChI is InChI=1S/C13H20ClNO2/c1-16-11-12(7-8-14)15-9-10-17-13-5-3-2-4-6-13/h2-6,12,15H,7-11H2,1H3. The van der Waals surface area contributed by atoms with Gasteiger partial charge in [-0.05, 0) is 18.6 Å². The number of halogens is 1. The predicted molar refractivity (Wildman–Crippen MR) is 70.9 cm³/mol. The van der Waals surface area contributed by atoms with Gasteiger partial charge >= 0.3 is 0 Å². The molecule has 1 unspecified atom stereocenters. The summed E-state index contributed by atoms with van der Waals surface area (Å²) >= 11 is 5.71. The van der Waals surface area contributed by atoms with Gasteiger partial charge in [-0.1, -0.05) is 18.2 Å². The average molecular weight is 258 g/mol. The number of hydrogen-bond donors (Lipinski definition) is 1. The Morgan fingerprint density at radius 1 is 1.29 bits per heavy atom. The second kappa shape index (κ2) is 9.28. The van der Waals surface area contributed by atoms with Gasteiger partial charge in [0.05, 0.1) is 6.61 Å². The van der Waals surface area contributed by atoms with Crippen LogP contribution in [0.2, 0.25) is 0 Å². The maximum atomic E-state index is 5.71. The third-order valence-electron chi connectivity index (χ3n) is 2.37. The van der Waals surface area contributed by atoms with Crippen molar-refractivity contribution in [2.45, 2.75) is 12.5 Å². The lowest BCUT2D eigenvalue weighted by Gasteiger charge is -2.16. The molecular weight excluding hydrogens is 238 g/mol. The summed E-state index contributed by atoms with van der Waals surface area (Å²) in [5, 5.41) is 3.36. The van der Waals surface area contributed by atoms with E-state index in [4.69, 9.17) is 21.1 Å². The van der Waals surface area contributed by atoms with Crippen LogP contribution in [0.15, 0.2) is 30.3 Å². The molecule has 4 heteroatoms. The fraction of sp³-hybridized carbons (Fsp3) is 0.538. The minimum atomic E-state index is 0.303.